The Morgan fingerprint density at radius 1 is 1.43 bits per heavy atom. The average Bonchev–Trinajstić information content (AvgIpc) is 1.61. The average molecular weight is 116 g/mol. The summed E-state index contributed by atoms with van der Waals surface area (Å²) in [5.74, 6) is 0. The van der Waals surface area contributed by atoms with E-state index in [1.54, 1.807) is 0 Å². The van der Waals surface area contributed by atoms with Crippen LogP contribution in [-0.4, -0.2) is 11.0 Å². The fraction of sp³-hybridized carbons (Fsp3) is 1.00. The first-order valence-electron chi connectivity index (χ1n) is 2.82. The molecule has 1 aliphatic rings. The zero-order chi connectivity index (χ0) is 5.33. The third-order valence-electron chi connectivity index (χ3n) is 1.90. The van der Waals surface area contributed by atoms with Crippen molar-refractivity contribution in [2.24, 2.45) is 0 Å². The summed E-state index contributed by atoms with van der Waals surface area (Å²) in [6.07, 6.45) is 6.54. The van der Waals surface area contributed by atoms with E-state index >= 15 is 0 Å². The van der Waals surface area contributed by atoms with Gasteiger partial charge in [-0.25, -0.2) is 0 Å². The first-order valence-corrected chi connectivity index (χ1v) is 4.04. The molecule has 0 aromatic rings. The third-order valence-corrected chi connectivity index (χ3v) is 3.30. The van der Waals surface area contributed by atoms with Crippen molar-refractivity contribution in [3.63, 3.8) is 0 Å². The standard InChI is InChI=1S/C6H12S/c1-6(7-2)4-3-5-6/h3-5H2,1-2H3. The Bertz CT molecular complexity index is 59.1. The molecule has 0 heterocycles. The summed E-state index contributed by atoms with van der Waals surface area (Å²) >= 11 is 2.01. The van der Waals surface area contributed by atoms with Crippen LogP contribution in [0.4, 0.5) is 0 Å². The van der Waals surface area contributed by atoms with Crippen LogP contribution in [0.15, 0.2) is 0 Å². The minimum atomic E-state index is 0.681. The van der Waals surface area contributed by atoms with Gasteiger partial charge in [0.1, 0.15) is 0 Å². The second-order valence-corrected chi connectivity index (χ2v) is 3.90. The van der Waals surface area contributed by atoms with Gasteiger partial charge in [0.15, 0.2) is 0 Å². The SMILES string of the molecule is CSC1(C)CCC1. The van der Waals surface area contributed by atoms with Crippen LogP contribution in [0.25, 0.3) is 0 Å². The van der Waals surface area contributed by atoms with E-state index in [9.17, 15) is 0 Å². The lowest BCUT2D eigenvalue weighted by Crippen LogP contribution is -2.28. The molecule has 0 bridgehead atoms. The summed E-state index contributed by atoms with van der Waals surface area (Å²) in [4.78, 5) is 0. The van der Waals surface area contributed by atoms with Crippen LogP contribution >= 0.6 is 11.8 Å². The summed E-state index contributed by atoms with van der Waals surface area (Å²) in [5.41, 5.74) is 0. The molecule has 0 nitrogen and oxygen atoms in total. The Morgan fingerprint density at radius 3 is 2.00 bits per heavy atom. The van der Waals surface area contributed by atoms with Gasteiger partial charge in [-0.2, -0.15) is 11.8 Å². The zero-order valence-electron chi connectivity index (χ0n) is 5.03. The van der Waals surface area contributed by atoms with Crippen molar-refractivity contribution in [1.82, 2.24) is 0 Å². The van der Waals surface area contributed by atoms with Gasteiger partial charge in [0, 0.05) is 4.75 Å². The van der Waals surface area contributed by atoms with Gasteiger partial charge >= 0.3 is 0 Å². The Morgan fingerprint density at radius 2 is 2.00 bits per heavy atom. The van der Waals surface area contributed by atoms with Gasteiger partial charge in [0.25, 0.3) is 0 Å². The second-order valence-electron chi connectivity index (χ2n) is 2.51. The maximum atomic E-state index is 2.35. The number of rotatable bonds is 1. The van der Waals surface area contributed by atoms with Crippen LogP contribution in [0.1, 0.15) is 26.2 Å². The molecule has 1 fully saturated rings. The first-order chi connectivity index (χ1) is 3.27. The van der Waals surface area contributed by atoms with E-state index in [-0.39, 0.29) is 0 Å². The molecule has 0 unspecified atom stereocenters. The topological polar surface area (TPSA) is 0 Å². The smallest absolute Gasteiger partial charge is 0.0129 e. The lowest BCUT2D eigenvalue weighted by molar-refractivity contribution is 0.393. The van der Waals surface area contributed by atoms with Gasteiger partial charge in [0.05, 0.1) is 0 Å². The van der Waals surface area contributed by atoms with Crippen LogP contribution in [-0.2, 0) is 0 Å². The van der Waals surface area contributed by atoms with E-state index < -0.39 is 0 Å². The van der Waals surface area contributed by atoms with Crippen molar-refractivity contribution in [3.8, 4) is 0 Å². The van der Waals surface area contributed by atoms with Crippen molar-refractivity contribution in [2.75, 3.05) is 6.26 Å². The highest BCUT2D eigenvalue weighted by molar-refractivity contribution is 8.00. The lowest BCUT2D eigenvalue weighted by atomic mass is 9.86. The molecule has 0 aliphatic heterocycles. The predicted octanol–water partition coefficient (Wildman–Crippen LogP) is 2.29. The number of thioether (sulfide) groups is 1. The highest BCUT2D eigenvalue weighted by Gasteiger charge is 2.29. The summed E-state index contributed by atoms with van der Waals surface area (Å²) in [6, 6.07) is 0. The largest absolute Gasteiger partial charge is 0.159 e. The van der Waals surface area contributed by atoms with E-state index in [4.69, 9.17) is 0 Å². The van der Waals surface area contributed by atoms with Crippen molar-refractivity contribution < 1.29 is 0 Å². The molecule has 0 spiro atoms. The highest BCUT2D eigenvalue weighted by atomic mass is 32.2. The summed E-state index contributed by atoms with van der Waals surface area (Å²) in [7, 11) is 0. The maximum Gasteiger partial charge on any atom is 0.0129 e. The molecule has 0 saturated heterocycles. The van der Waals surface area contributed by atoms with Crippen molar-refractivity contribution >= 4 is 11.8 Å². The van der Waals surface area contributed by atoms with Crippen LogP contribution in [0, 0.1) is 0 Å². The molecule has 1 aliphatic carbocycles. The Hall–Kier alpha value is 0.350. The monoisotopic (exact) mass is 116 g/mol. The summed E-state index contributed by atoms with van der Waals surface area (Å²) < 4.78 is 0.681. The molecule has 0 radical (unpaired) electrons. The molecule has 1 heteroatoms. The van der Waals surface area contributed by atoms with Gasteiger partial charge in [0.2, 0.25) is 0 Å². The van der Waals surface area contributed by atoms with Crippen LogP contribution in [0.5, 0.6) is 0 Å². The van der Waals surface area contributed by atoms with Crippen molar-refractivity contribution in [3.05, 3.63) is 0 Å². The Labute approximate surface area is 49.7 Å². The fourth-order valence-corrected chi connectivity index (χ4v) is 1.58. The van der Waals surface area contributed by atoms with E-state index in [0.29, 0.717) is 4.75 Å². The minimum absolute atomic E-state index is 0.681. The van der Waals surface area contributed by atoms with E-state index in [1.165, 1.54) is 19.3 Å². The quantitative estimate of drug-likeness (QED) is 0.506. The van der Waals surface area contributed by atoms with Crippen molar-refractivity contribution in [2.45, 2.75) is 30.9 Å². The molecular weight excluding hydrogens is 104 g/mol. The predicted molar refractivity (Wildman–Crippen MR) is 35.8 cm³/mol. The normalized spacial score (nSPS) is 26.6. The molecule has 0 aromatic carbocycles. The molecule has 7 heavy (non-hydrogen) atoms. The van der Waals surface area contributed by atoms with Gasteiger partial charge in [-0.3, -0.25) is 0 Å². The summed E-state index contributed by atoms with van der Waals surface area (Å²) in [6.45, 7) is 2.35. The third kappa shape index (κ3) is 0.933. The summed E-state index contributed by atoms with van der Waals surface area (Å²) in [5, 5.41) is 0. The van der Waals surface area contributed by atoms with Gasteiger partial charge < -0.3 is 0 Å². The molecule has 0 N–H and O–H groups in total. The van der Waals surface area contributed by atoms with Gasteiger partial charge in [-0.05, 0) is 19.1 Å². The molecule has 42 valence electrons. The molecule has 0 amide bonds. The van der Waals surface area contributed by atoms with E-state index in [1.807, 2.05) is 11.8 Å². The minimum Gasteiger partial charge on any atom is -0.159 e. The molecule has 0 atom stereocenters. The van der Waals surface area contributed by atoms with Gasteiger partial charge in [-0.15, -0.1) is 0 Å². The number of hydrogen-bond donors (Lipinski definition) is 0. The number of hydrogen-bond acceptors (Lipinski definition) is 1. The molecule has 1 saturated carbocycles. The Kier molecular flexibility index (Phi) is 1.33. The first kappa shape index (κ1) is 5.49. The van der Waals surface area contributed by atoms with Crippen LogP contribution in [0.2, 0.25) is 0 Å². The van der Waals surface area contributed by atoms with E-state index in [2.05, 4.69) is 13.2 Å². The Balaban J connectivity index is 2.29. The van der Waals surface area contributed by atoms with Crippen molar-refractivity contribution in [1.29, 1.82) is 0 Å². The fourth-order valence-electron chi connectivity index (χ4n) is 0.879. The van der Waals surface area contributed by atoms with E-state index in [0.717, 1.165) is 0 Å². The van der Waals surface area contributed by atoms with Crippen LogP contribution < -0.4 is 0 Å². The molecule has 0 aromatic heterocycles. The molecular formula is C6H12S. The van der Waals surface area contributed by atoms with Gasteiger partial charge in [-0.1, -0.05) is 13.3 Å². The lowest BCUT2D eigenvalue weighted by Gasteiger charge is -2.36. The van der Waals surface area contributed by atoms with Crippen LogP contribution in [0.3, 0.4) is 0 Å². The molecule has 1 rings (SSSR count). The zero-order valence-corrected chi connectivity index (χ0v) is 5.85. The highest BCUT2D eigenvalue weighted by Crippen LogP contribution is 2.41. The second kappa shape index (κ2) is 1.70. The maximum absolute atomic E-state index is 2.35.